The lowest BCUT2D eigenvalue weighted by atomic mass is 10.1. The SMILES string of the molecule is NC(Cc1c[nH]c2ccccc12)C(=O)OS(N)(=O)=O. The molecule has 0 amide bonds. The van der Waals surface area contributed by atoms with Gasteiger partial charge < -0.3 is 14.9 Å². The van der Waals surface area contributed by atoms with E-state index in [0.717, 1.165) is 16.5 Å². The number of para-hydroxylation sites is 1. The smallest absolute Gasteiger partial charge is 0.361 e. The zero-order valence-electron chi connectivity index (χ0n) is 9.87. The van der Waals surface area contributed by atoms with Crippen molar-refractivity contribution in [3.63, 3.8) is 0 Å². The Balaban J connectivity index is 2.15. The summed E-state index contributed by atoms with van der Waals surface area (Å²) in [5, 5.41) is 5.52. The standard InChI is InChI=1S/C11H13N3O4S/c12-9(11(15)18-19(13,16)17)5-7-6-14-10-4-2-1-3-8(7)10/h1-4,6,9,14H,5,12H2,(H2,13,16,17). The molecule has 0 aliphatic heterocycles. The van der Waals surface area contributed by atoms with Gasteiger partial charge in [-0.1, -0.05) is 18.2 Å². The third-order valence-electron chi connectivity index (χ3n) is 2.62. The van der Waals surface area contributed by atoms with Gasteiger partial charge in [0.25, 0.3) is 0 Å². The molecule has 2 aromatic rings. The Morgan fingerprint density at radius 2 is 2.05 bits per heavy atom. The molecule has 0 aliphatic carbocycles. The fourth-order valence-corrected chi connectivity index (χ4v) is 2.15. The summed E-state index contributed by atoms with van der Waals surface area (Å²) in [5.74, 6) is -1.08. The van der Waals surface area contributed by atoms with Gasteiger partial charge in [0.05, 0.1) is 0 Å². The molecule has 0 saturated carbocycles. The lowest BCUT2D eigenvalue weighted by molar-refractivity contribution is -0.135. The monoisotopic (exact) mass is 283 g/mol. The fraction of sp³-hybridized carbons (Fsp3) is 0.182. The van der Waals surface area contributed by atoms with Crippen LogP contribution in [-0.2, 0) is 25.7 Å². The van der Waals surface area contributed by atoms with E-state index in [9.17, 15) is 13.2 Å². The summed E-state index contributed by atoms with van der Waals surface area (Å²) < 4.78 is 25.3. The van der Waals surface area contributed by atoms with Gasteiger partial charge in [-0.15, -0.1) is 0 Å². The van der Waals surface area contributed by atoms with Crippen molar-refractivity contribution >= 4 is 27.2 Å². The van der Waals surface area contributed by atoms with Crippen LogP contribution >= 0.6 is 0 Å². The number of nitrogens with one attached hydrogen (secondary N) is 1. The first kappa shape index (κ1) is 13.5. The minimum Gasteiger partial charge on any atom is -0.361 e. The number of benzene rings is 1. The van der Waals surface area contributed by atoms with Crippen LogP contribution in [0, 0.1) is 0 Å². The van der Waals surface area contributed by atoms with Crippen molar-refractivity contribution in [1.29, 1.82) is 0 Å². The van der Waals surface area contributed by atoms with E-state index in [-0.39, 0.29) is 6.42 Å². The maximum absolute atomic E-state index is 11.4. The number of rotatable bonds is 4. The number of nitrogens with two attached hydrogens (primary N) is 2. The van der Waals surface area contributed by atoms with Crippen LogP contribution in [0.25, 0.3) is 10.9 Å². The van der Waals surface area contributed by atoms with Crippen LogP contribution < -0.4 is 10.9 Å². The van der Waals surface area contributed by atoms with Gasteiger partial charge >= 0.3 is 16.3 Å². The van der Waals surface area contributed by atoms with E-state index in [4.69, 9.17) is 5.73 Å². The second-order valence-corrected chi connectivity index (χ2v) is 5.22. The van der Waals surface area contributed by atoms with Gasteiger partial charge in [-0.05, 0) is 11.6 Å². The fourth-order valence-electron chi connectivity index (χ4n) is 1.80. The van der Waals surface area contributed by atoms with Crippen LogP contribution in [0.3, 0.4) is 0 Å². The van der Waals surface area contributed by atoms with Gasteiger partial charge in [0, 0.05) is 23.5 Å². The molecule has 0 fully saturated rings. The number of fused-ring (bicyclic) bond motifs is 1. The van der Waals surface area contributed by atoms with Crippen LogP contribution in [0.5, 0.6) is 0 Å². The molecular formula is C11H13N3O4S. The van der Waals surface area contributed by atoms with E-state index in [1.54, 1.807) is 6.20 Å². The highest BCUT2D eigenvalue weighted by Gasteiger charge is 2.21. The van der Waals surface area contributed by atoms with Gasteiger partial charge in [0.2, 0.25) is 0 Å². The quantitative estimate of drug-likeness (QED) is 0.714. The highest BCUT2D eigenvalue weighted by atomic mass is 32.2. The van der Waals surface area contributed by atoms with E-state index >= 15 is 0 Å². The molecule has 19 heavy (non-hydrogen) atoms. The Hall–Kier alpha value is -1.90. The molecule has 1 aromatic carbocycles. The van der Waals surface area contributed by atoms with E-state index < -0.39 is 22.3 Å². The van der Waals surface area contributed by atoms with E-state index in [0.29, 0.717) is 0 Å². The zero-order chi connectivity index (χ0) is 14.0. The highest BCUT2D eigenvalue weighted by molar-refractivity contribution is 7.84. The van der Waals surface area contributed by atoms with Crippen LogP contribution in [0.2, 0.25) is 0 Å². The second-order valence-electron chi connectivity index (χ2n) is 4.07. The van der Waals surface area contributed by atoms with Crippen molar-refractivity contribution in [3.8, 4) is 0 Å². The molecule has 1 aromatic heterocycles. The summed E-state index contributed by atoms with van der Waals surface area (Å²) in [6, 6.07) is 6.38. The molecule has 7 nitrogen and oxygen atoms in total. The minimum absolute atomic E-state index is 0.151. The van der Waals surface area contributed by atoms with E-state index in [1.807, 2.05) is 24.3 Å². The lowest BCUT2D eigenvalue weighted by Crippen LogP contribution is -2.37. The van der Waals surface area contributed by atoms with Crippen LogP contribution in [0.4, 0.5) is 0 Å². The molecule has 1 heterocycles. The number of H-pyrrole nitrogens is 1. The summed E-state index contributed by atoms with van der Waals surface area (Å²) >= 11 is 0. The molecule has 102 valence electrons. The summed E-state index contributed by atoms with van der Waals surface area (Å²) in [6.07, 6.45) is 1.87. The average molecular weight is 283 g/mol. The van der Waals surface area contributed by atoms with Gasteiger partial charge in [-0.2, -0.15) is 13.6 Å². The van der Waals surface area contributed by atoms with Crippen molar-refractivity contribution in [2.45, 2.75) is 12.5 Å². The van der Waals surface area contributed by atoms with Crippen molar-refractivity contribution in [2.75, 3.05) is 0 Å². The van der Waals surface area contributed by atoms with Crippen LogP contribution in [0.15, 0.2) is 30.5 Å². The lowest BCUT2D eigenvalue weighted by Gasteiger charge is -2.08. The van der Waals surface area contributed by atoms with Crippen molar-refractivity contribution in [2.24, 2.45) is 10.9 Å². The van der Waals surface area contributed by atoms with Gasteiger partial charge in [-0.3, -0.25) is 0 Å². The summed E-state index contributed by atoms with van der Waals surface area (Å²) in [5.41, 5.74) is 7.31. The Morgan fingerprint density at radius 1 is 1.37 bits per heavy atom. The third-order valence-corrected chi connectivity index (χ3v) is 3.01. The molecule has 5 N–H and O–H groups in total. The Morgan fingerprint density at radius 3 is 2.74 bits per heavy atom. The highest BCUT2D eigenvalue weighted by Crippen LogP contribution is 2.18. The van der Waals surface area contributed by atoms with Crippen molar-refractivity contribution in [1.82, 2.24) is 4.98 Å². The molecule has 0 radical (unpaired) electrons. The zero-order valence-corrected chi connectivity index (χ0v) is 10.7. The predicted molar refractivity (Wildman–Crippen MR) is 69.2 cm³/mol. The van der Waals surface area contributed by atoms with Crippen LogP contribution in [-0.4, -0.2) is 25.4 Å². The summed E-state index contributed by atoms with van der Waals surface area (Å²) in [6.45, 7) is 0. The molecular weight excluding hydrogens is 270 g/mol. The van der Waals surface area contributed by atoms with E-state index in [2.05, 4.69) is 14.3 Å². The van der Waals surface area contributed by atoms with Gasteiger partial charge in [0.15, 0.2) is 0 Å². The van der Waals surface area contributed by atoms with Crippen molar-refractivity contribution in [3.05, 3.63) is 36.0 Å². The summed E-state index contributed by atoms with van der Waals surface area (Å²) in [7, 11) is -4.33. The molecule has 1 unspecified atom stereocenters. The van der Waals surface area contributed by atoms with Crippen LogP contribution in [0.1, 0.15) is 5.56 Å². The Labute approximate surface area is 109 Å². The number of hydrogen-bond acceptors (Lipinski definition) is 5. The predicted octanol–water partition coefficient (Wildman–Crippen LogP) is -0.216. The molecule has 0 saturated heterocycles. The minimum atomic E-state index is -4.33. The topological polar surface area (TPSA) is 128 Å². The Bertz CT molecular complexity index is 708. The molecule has 0 bridgehead atoms. The molecule has 0 aliphatic rings. The average Bonchev–Trinajstić information content (AvgIpc) is 2.70. The molecule has 0 spiro atoms. The number of aromatic nitrogens is 1. The number of aromatic amines is 1. The number of carbonyl (C=O) groups is 1. The largest absolute Gasteiger partial charge is 0.382 e. The first-order chi connectivity index (χ1) is 8.87. The third kappa shape index (κ3) is 3.31. The summed E-state index contributed by atoms with van der Waals surface area (Å²) in [4.78, 5) is 14.4. The maximum atomic E-state index is 11.4. The van der Waals surface area contributed by atoms with Crippen molar-refractivity contribution < 1.29 is 17.4 Å². The molecule has 1 atom stereocenters. The second kappa shape index (κ2) is 5.00. The van der Waals surface area contributed by atoms with E-state index in [1.165, 1.54) is 0 Å². The van der Waals surface area contributed by atoms with Gasteiger partial charge in [-0.25, -0.2) is 4.79 Å². The van der Waals surface area contributed by atoms with Gasteiger partial charge in [0.1, 0.15) is 6.04 Å². The molecule has 2 rings (SSSR count). The number of carbonyl (C=O) groups excluding carboxylic acids is 1. The first-order valence-electron chi connectivity index (χ1n) is 5.43. The molecule has 8 heteroatoms. The Kier molecular flexibility index (Phi) is 3.56. The number of hydrogen-bond donors (Lipinski definition) is 3. The maximum Gasteiger partial charge on any atom is 0.382 e. The first-order valence-corrected chi connectivity index (χ1v) is 6.90. The normalized spacial score (nSPS) is 13.4.